The Morgan fingerprint density at radius 3 is 2.60 bits per heavy atom. The molecule has 1 fully saturated rings. The molecule has 0 atom stereocenters. The molecule has 1 aromatic heterocycles. The topological polar surface area (TPSA) is 63.1 Å². The summed E-state index contributed by atoms with van der Waals surface area (Å²) in [5.41, 5.74) is 1.74. The van der Waals surface area contributed by atoms with Crippen LogP contribution in [0.1, 0.15) is 53.3 Å². The highest BCUT2D eigenvalue weighted by Gasteiger charge is 2.28. The summed E-state index contributed by atoms with van der Waals surface area (Å²) in [5.74, 6) is 0.162. The van der Waals surface area contributed by atoms with E-state index in [0.29, 0.717) is 11.5 Å². The molecule has 1 aliphatic carbocycles. The summed E-state index contributed by atoms with van der Waals surface area (Å²) < 4.78 is 0. The summed E-state index contributed by atoms with van der Waals surface area (Å²) in [6, 6.07) is 0. The number of rotatable bonds is 3. The van der Waals surface area contributed by atoms with E-state index in [1.807, 2.05) is 6.92 Å². The highest BCUT2D eigenvalue weighted by Crippen LogP contribution is 2.38. The van der Waals surface area contributed by atoms with Gasteiger partial charge in [0, 0.05) is 17.2 Å². The maximum atomic E-state index is 11.0. The van der Waals surface area contributed by atoms with Crippen LogP contribution >= 0.6 is 0 Å². The van der Waals surface area contributed by atoms with Crippen LogP contribution < -0.4 is 0 Å². The van der Waals surface area contributed by atoms with Gasteiger partial charge in [-0.1, -0.05) is 6.92 Å². The number of carbonyl (C=O) groups is 1. The summed E-state index contributed by atoms with van der Waals surface area (Å²) in [6.45, 7) is 3.76. The predicted molar refractivity (Wildman–Crippen MR) is 55.1 cm³/mol. The van der Waals surface area contributed by atoms with Gasteiger partial charge < -0.3 is 5.11 Å². The van der Waals surface area contributed by atoms with Gasteiger partial charge in [-0.2, -0.15) is 0 Å². The van der Waals surface area contributed by atoms with Crippen LogP contribution in [0, 0.1) is 6.92 Å². The van der Waals surface area contributed by atoms with Crippen LogP contribution in [-0.2, 0) is 6.42 Å². The number of aromatic nitrogens is 2. The zero-order valence-corrected chi connectivity index (χ0v) is 8.95. The van der Waals surface area contributed by atoms with Gasteiger partial charge in [0.15, 0.2) is 5.69 Å². The Kier molecular flexibility index (Phi) is 2.42. The molecule has 1 saturated carbocycles. The molecule has 4 heteroatoms. The average molecular weight is 206 g/mol. The van der Waals surface area contributed by atoms with Gasteiger partial charge in [-0.25, -0.2) is 14.8 Å². The maximum Gasteiger partial charge on any atom is 0.354 e. The van der Waals surface area contributed by atoms with Gasteiger partial charge in [0.25, 0.3) is 0 Å². The summed E-state index contributed by atoms with van der Waals surface area (Å²) >= 11 is 0. The molecule has 0 aromatic carbocycles. The lowest BCUT2D eigenvalue weighted by Crippen LogP contribution is -2.11. The van der Waals surface area contributed by atoms with E-state index in [0.717, 1.165) is 30.8 Å². The monoisotopic (exact) mass is 206 g/mol. The molecule has 0 unspecified atom stereocenters. The number of nitrogens with zero attached hydrogens (tertiary/aromatic N) is 2. The SMILES string of the molecule is CCc1nc(C2CC2)nc(C(=O)O)c1C. The van der Waals surface area contributed by atoms with Crippen molar-refractivity contribution in [1.82, 2.24) is 9.97 Å². The summed E-state index contributed by atoms with van der Waals surface area (Å²) in [6.07, 6.45) is 2.94. The number of aryl methyl sites for hydroxylation is 1. The third-order valence-corrected chi connectivity index (χ3v) is 2.74. The molecule has 1 N–H and O–H groups in total. The fraction of sp³-hybridized carbons (Fsp3) is 0.545. The minimum atomic E-state index is -0.952. The van der Waals surface area contributed by atoms with Gasteiger partial charge in [0.2, 0.25) is 0 Å². The highest BCUT2D eigenvalue weighted by molar-refractivity contribution is 5.87. The van der Waals surface area contributed by atoms with Crippen molar-refractivity contribution in [2.75, 3.05) is 0 Å². The van der Waals surface area contributed by atoms with E-state index in [-0.39, 0.29) is 5.69 Å². The molecule has 0 amide bonds. The molecule has 0 aliphatic heterocycles. The van der Waals surface area contributed by atoms with Crippen molar-refractivity contribution in [3.8, 4) is 0 Å². The van der Waals surface area contributed by atoms with Crippen LogP contribution in [0.5, 0.6) is 0 Å². The summed E-state index contributed by atoms with van der Waals surface area (Å²) in [7, 11) is 0. The first kappa shape index (κ1) is 10.1. The van der Waals surface area contributed by atoms with Crippen molar-refractivity contribution >= 4 is 5.97 Å². The first-order chi connectivity index (χ1) is 7.13. The van der Waals surface area contributed by atoms with E-state index in [9.17, 15) is 4.79 Å². The molecule has 1 aromatic rings. The summed E-state index contributed by atoms with van der Waals surface area (Å²) in [5, 5.41) is 9.02. The quantitative estimate of drug-likeness (QED) is 0.820. The van der Waals surface area contributed by atoms with Gasteiger partial charge in [-0.3, -0.25) is 0 Å². The first-order valence-electron chi connectivity index (χ1n) is 5.24. The molecule has 1 aliphatic rings. The Bertz CT molecular complexity index is 411. The van der Waals surface area contributed by atoms with E-state index >= 15 is 0 Å². The zero-order chi connectivity index (χ0) is 11.0. The Labute approximate surface area is 88.4 Å². The molecule has 0 saturated heterocycles. The van der Waals surface area contributed by atoms with Crippen LogP contribution in [0.25, 0.3) is 0 Å². The number of hydrogen-bond acceptors (Lipinski definition) is 3. The second kappa shape index (κ2) is 3.61. The first-order valence-corrected chi connectivity index (χ1v) is 5.24. The Hall–Kier alpha value is -1.45. The van der Waals surface area contributed by atoms with Gasteiger partial charge in [0.05, 0.1) is 0 Å². The van der Waals surface area contributed by atoms with Gasteiger partial charge in [-0.15, -0.1) is 0 Å². The third kappa shape index (κ3) is 1.84. The van der Waals surface area contributed by atoms with E-state index < -0.39 is 5.97 Å². The fourth-order valence-electron chi connectivity index (χ4n) is 1.66. The van der Waals surface area contributed by atoms with Crippen molar-refractivity contribution in [2.24, 2.45) is 0 Å². The fourth-order valence-corrected chi connectivity index (χ4v) is 1.66. The van der Waals surface area contributed by atoms with Crippen molar-refractivity contribution in [2.45, 2.75) is 39.0 Å². The normalized spacial score (nSPS) is 15.3. The molecule has 0 spiro atoms. The Morgan fingerprint density at radius 1 is 1.47 bits per heavy atom. The Balaban J connectivity index is 2.52. The highest BCUT2D eigenvalue weighted by atomic mass is 16.4. The van der Waals surface area contributed by atoms with Crippen LogP contribution in [0.15, 0.2) is 0 Å². The lowest BCUT2D eigenvalue weighted by molar-refractivity contribution is 0.0689. The van der Waals surface area contributed by atoms with Gasteiger partial charge in [-0.05, 0) is 26.2 Å². The van der Waals surface area contributed by atoms with Crippen LogP contribution in [-0.4, -0.2) is 21.0 Å². The van der Waals surface area contributed by atoms with E-state index in [1.165, 1.54) is 0 Å². The van der Waals surface area contributed by atoms with Crippen molar-refractivity contribution < 1.29 is 9.90 Å². The van der Waals surface area contributed by atoms with Crippen molar-refractivity contribution in [3.63, 3.8) is 0 Å². The molecule has 1 heterocycles. The van der Waals surface area contributed by atoms with E-state index in [2.05, 4.69) is 9.97 Å². The standard InChI is InChI=1S/C11H14N2O2/c1-3-8-6(2)9(11(14)15)13-10(12-8)7-4-5-7/h7H,3-5H2,1-2H3,(H,14,15). The largest absolute Gasteiger partial charge is 0.477 e. The molecule has 80 valence electrons. The van der Waals surface area contributed by atoms with Crippen LogP contribution in [0.3, 0.4) is 0 Å². The van der Waals surface area contributed by atoms with E-state index in [4.69, 9.17) is 5.11 Å². The predicted octanol–water partition coefficient (Wildman–Crippen LogP) is 1.92. The average Bonchev–Trinajstić information content (AvgIpc) is 3.01. The molecular formula is C11H14N2O2. The lowest BCUT2D eigenvalue weighted by Gasteiger charge is -2.08. The number of aromatic carboxylic acids is 1. The van der Waals surface area contributed by atoms with Gasteiger partial charge in [0.1, 0.15) is 5.82 Å². The van der Waals surface area contributed by atoms with Crippen LogP contribution in [0.4, 0.5) is 0 Å². The molecule has 4 nitrogen and oxygen atoms in total. The van der Waals surface area contributed by atoms with E-state index in [1.54, 1.807) is 6.92 Å². The zero-order valence-electron chi connectivity index (χ0n) is 8.95. The minimum Gasteiger partial charge on any atom is -0.477 e. The molecule has 0 radical (unpaired) electrons. The second-order valence-corrected chi connectivity index (χ2v) is 3.94. The maximum absolute atomic E-state index is 11.0. The van der Waals surface area contributed by atoms with Gasteiger partial charge >= 0.3 is 5.97 Å². The van der Waals surface area contributed by atoms with Crippen LogP contribution in [0.2, 0.25) is 0 Å². The molecule has 0 bridgehead atoms. The smallest absolute Gasteiger partial charge is 0.354 e. The number of carboxylic acids is 1. The van der Waals surface area contributed by atoms with Crippen molar-refractivity contribution in [3.05, 3.63) is 22.8 Å². The number of hydrogen-bond donors (Lipinski definition) is 1. The Morgan fingerprint density at radius 2 is 2.13 bits per heavy atom. The third-order valence-electron chi connectivity index (χ3n) is 2.74. The second-order valence-electron chi connectivity index (χ2n) is 3.94. The minimum absolute atomic E-state index is 0.170. The summed E-state index contributed by atoms with van der Waals surface area (Å²) in [4.78, 5) is 19.5. The lowest BCUT2D eigenvalue weighted by atomic mass is 10.1. The molecular weight excluding hydrogens is 192 g/mol. The molecule has 15 heavy (non-hydrogen) atoms. The van der Waals surface area contributed by atoms with Crippen molar-refractivity contribution in [1.29, 1.82) is 0 Å². The molecule has 2 rings (SSSR count). The number of carboxylic acid groups (broad SMARTS) is 1.